The van der Waals surface area contributed by atoms with Gasteiger partial charge in [-0.25, -0.2) is 4.68 Å². The average molecular weight is 253 g/mol. The Morgan fingerprint density at radius 1 is 1.50 bits per heavy atom. The highest BCUT2D eigenvalue weighted by Gasteiger charge is 2.18. The van der Waals surface area contributed by atoms with Crippen molar-refractivity contribution in [2.75, 3.05) is 6.54 Å². The zero-order valence-electron chi connectivity index (χ0n) is 11.4. The molecule has 1 unspecified atom stereocenters. The number of nitrogens with zero attached hydrogens (tertiary/aromatic N) is 3. The smallest absolute Gasteiger partial charge is 0.244 e. The third-order valence-electron chi connectivity index (χ3n) is 3.07. The molecule has 0 saturated carbocycles. The molecule has 0 bridgehead atoms. The van der Waals surface area contributed by atoms with Gasteiger partial charge in [0.15, 0.2) is 0 Å². The molecule has 1 aromatic heterocycles. The van der Waals surface area contributed by atoms with Crippen molar-refractivity contribution in [3.8, 4) is 0 Å². The van der Waals surface area contributed by atoms with Gasteiger partial charge in [-0.2, -0.15) is 0 Å². The number of nitrogens with two attached hydrogens (primary N) is 1. The largest absolute Gasteiger partial charge is 0.352 e. The summed E-state index contributed by atoms with van der Waals surface area (Å²) in [5.41, 5.74) is 6.27. The van der Waals surface area contributed by atoms with Gasteiger partial charge in [0, 0.05) is 18.7 Å². The van der Waals surface area contributed by atoms with E-state index >= 15 is 0 Å². The molecule has 0 spiro atoms. The van der Waals surface area contributed by atoms with Gasteiger partial charge >= 0.3 is 0 Å². The summed E-state index contributed by atoms with van der Waals surface area (Å²) in [6.45, 7) is 6.48. The lowest BCUT2D eigenvalue weighted by Gasteiger charge is -2.18. The fourth-order valence-corrected chi connectivity index (χ4v) is 1.70. The maximum Gasteiger partial charge on any atom is 0.244 e. The zero-order chi connectivity index (χ0) is 13.5. The second-order valence-corrected chi connectivity index (χ2v) is 4.43. The van der Waals surface area contributed by atoms with Crippen molar-refractivity contribution in [1.82, 2.24) is 20.3 Å². The van der Waals surface area contributed by atoms with Crippen LogP contribution in [0.15, 0.2) is 6.20 Å². The number of nitrogens with one attached hydrogen (secondary N) is 1. The molecule has 1 atom stereocenters. The van der Waals surface area contributed by atoms with Crippen molar-refractivity contribution in [1.29, 1.82) is 0 Å². The number of amides is 1. The Balaban J connectivity index is 2.61. The van der Waals surface area contributed by atoms with Crippen LogP contribution >= 0.6 is 0 Å². The van der Waals surface area contributed by atoms with E-state index in [0.717, 1.165) is 18.5 Å². The standard InChI is InChI=1S/C12H23N5O/c1-4-10(5-2)14-12(18)9(3)17-8-11(6-7-13)15-16-17/h8-10H,4-7,13H2,1-3H3,(H,14,18). The van der Waals surface area contributed by atoms with Crippen LogP contribution in [0.3, 0.4) is 0 Å². The summed E-state index contributed by atoms with van der Waals surface area (Å²) in [7, 11) is 0. The van der Waals surface area contributed by atoms with Crippen molar-refractivity contribution in [3.05, 3.63) is 11.9 Å². The molecule has 1 rings (SSSR count). The Morgan fingerprint density at radius 3 is 2.72 bits per heavy atom. The van der Waals surface area contributed by atoms with Crippen LogP contribution in [0.5, 0.6) is 0 Å². The molecule has 1 amide bonds. The van der Waals surface area contributed by atoms with E-state index in [1.165, 1.54) is 0 Å². The molecule has 6 nitrogen and oxygen atoms in total. The Kier molecular flexibility index (Phi) is 5.77. The molecule has 0 fully saturated rings. The van der Waals surface area contributed by atoms with E-state index in [4.69, 9.17) is 5.73 Å². The molecule has 1 heterocycles. The number of hydrogen-bond acceptors (Lipinski definition) is 4. The molecule has 102 valence electrons. The van der Waals surface area contributed by atoms with E-state index < -0.39 is 0 Å². The van der Waals surface area contributed by atoms with Gasteiger partial charge in [-0.05, 0) is 26.3 Å². The molecular weight excluding hydrogens is 230 g/mol. The summed E-state index contributed by atoms with van der Waals surface area (Å²) < 4.78 is 1.59. The van der Waals surface area contributed by atoms with E-state index in [1.54, 1.807) is 10.9 Å². The predicted octanol–water partition coefficient (Wildman–Crippen LogP) is 0.645. The predicted molar refractivity (Wildman–Crippen MR) is 70.0 cm³/mol. The lowest BCUT2D eigenvalue weighted by molar-refractivity contribution is -0.124. The second-order valence-electron chi connectivity index (χ2n) is 4.43. The highest BCUT2D eigenvalue weighted by molar-refractivity contribution is 5.80. The number of hydrogen-bond donors (Lipinski definition) is 2. The molecule has 0 radical (unpaired) electrons. The molecule has 0 saturated heterocycles. The first-order valence-electron chi connectivity index (χ1n) is 6.53. The van der Waals surface area contributed by atoms with E-state index in [0.29, 0.717) is 13.0 Å². The van der Waals surface area contributed by atoms with Gasteiger partial charge in [-0.15, -0.1) is 5.10 Å². The fourth-order valence-electron chi connectivity index (χ4n) is 1.70. The maximum atomic E-state index is 12.0. The zero-order valence-corrected chi connectivity index (χ0v) is 11.4. The molecule has 1 aromatic rings. The lowest BCUT2D eigenvalue weighted by atomic mass is 10.1. The summed E-state index contributed by atoms with van der Waals surface area (Å²) in [4.78, 5) is 12.0. The summed E-state index contributed by atoms with van der Waals surface area (Å²) >= 11 is 0. The van der Waals surface area contributed by atoms with Gasteiger partial charge in [0.2, 0.25) is 5.91 Å². The first kappa shape index (κ1) is 14.6. The van der Waals surface area contributed by atoms with Crippen molar-refractivity contribution >= 4 is 5.91 Å². The first-order valence-corrected chi connectivity index (χ1v) is 6.53. The normalized spacial score (nSPS) is 12.7. The summed E-state index contributed by atoms with van der Waals surface area (Å²) in [6, 6.07) is -0.114. The van der Waals surface area contributed by atoms with Crippen LogP contribution in [0, 0.1) is 0 Å². The van der Waals surface area contributed by atoms with Crippen LogP contribution in [0.25, 0.3) is 0 Å². The number of carbonyl (C=O) groups is 1. The average Bonchev–Trinajstić information content (AvgIpc) is 2.83. The van der Waals surface area contributed by atoms with Gasteiger partial charge in [0.05, 0.1) is 5.69 Å². The highest BCUT2D eigenvalue weighted by atomic mass is 16.2. The van der Waals surface area contributed by atoms with E-state index in [2.05, 4.69) is 29.5 Å². The Bertz CT molecular complexity index is 372. The molecule has 0 aliphatic carbocycles. The number of carbonyl (C=O) groups excluding carboxylic acids is 1. The number of aromatic nitrogens is 3. The third kappa shape index (κ3) is 3.80. The van der Waals surface area contributed by atoms with Crippen molar-refractivity contribution < 1.29 is 4.79 Å². The minimum absolute atomic E-state index is 0.0205. The molecule has 0 aliphatic rings. The highest BCUT2D eigenvalue weighted by Crippen LogP contribution is 2.07. The van der Waals surface area contributed by atoms with Crippen LogP contribution < -0.4 is 11.1 Å². The first-order chi connectivity index (χ1) is 8.62. The van der Waals surface area contributed by atoms with E-state index in [9.17, 15) is 4.79 Å². The molecule has 0 aromatic carbocycles. The molecule has 3 N–H and O–H groups in total. The van der Waals surface area contributed by atoms with Crippen LogP contribution in [0.2, 0.25) is 0 Å². The van der Waals surface area contributed by atoms with Gasteiger partial charge in [-0.1, -0.05) is 19.1 Å². The lowest BCUT2D eigenvalue weighted by Crippen LogP contribution is -2.38. The van der Waals surface area contributed by atoms with Crippen LogP contribution in [0.1, 0.15) is 45.3 Å². The SMILES string of the molecule is CCC(CC)NC(=O)C(C)n1cc(CCN)nn1. The van der Waals surface area contributed by atoms with Gasteiger partial charge in [-0.3, -0.25) is 4.79 Å². The quantitative estimate of drug-likeness (QED) is 0.747. The Labute approximate surface area is 108 Å². The molecular formula is C12H23N5O. The van der Waals surface area contributed by atoms with Crippen molar-refractivity contribution in [2.45, 2.75) is 52.1 Å². The number of rotatable bonds is 7. The van der Waals surface area contributed by atoms with Crippen molar-refractivity contribution in [2.24, 2.45) is 5.73 Å². The Hall–Kier alpha value is -1.43. The van der Waals surface area contributed by atoms with E-state index in [1.807, 2.05) is 6.92 Å². The third-order valence-corrected chi connectivity index (χ3v) is 3.07. The summed E-state index contributed by atoms with van der Waals surface area (Å²) in [5.74, 6) is -0.0205. The summed E-state index contributed by atoms with van der Waals surface area (Å²) in [5, 5.41) is 11.0. The molecule has 0 aliphatic heterocycles. The van der Waals surface area contributed by atoms with Crippen molar-refractivity contribution in [3.63, 3.8) is 0 Å². The van der Waals surface area contributed by atoms with Gasteiger partial charge in [0.25, 0.3) is 0 Å². The maximum absolute atomic E-state index is 12.0. The topological polar surface area (TPSA) is 85.8 Å². The Morgan fingerprint density at radius 2 is 2.17 bits per heavy atom. The van der Waals surface area contributed by atoms with Crippen LogP contribution in [-0.2, 0) is 11.2 Å². The fraction of sp³-hybridized carbons (Fsp3) is 0.750. The molecule has 6 heteroatoms. The van der Waals surface area contributed by atoms with Crippen LogP contribution in [-0.4, -0.2) is 33.5 Å². The minimum Gasteiger partial charge on any atom is -0.352 e. The van der Waals surface area contributed by atoms with Gasteiger partial charge in [0.1, 0.15) is 6.04 Å². The monoisotopic (exact) mass is 253 g/mol. The minimum atomic E-state index is -0.343. The summed E-state index contributed by atoms with van der Waals surface area (Å²) in [6.07, 6.45) is 4.33. The van der Waals surface area contributed by atoms with Gasteiger partial charge < -0.3 is 11.1 Å². The molecule has 18 heavy (non-hydrogen) atoms. The van der Waals surface area contributed by atoms with E-state index in [-0.39, 0.29) is 18.0 Å². The van der Waals surface area contributed by atoms with Crippen LogP contribution in [0.4, 0.5) is 0 Å². The second kappa shape index (κ2) is 7.10.